The first kappa shape index (κ1) is 17.2. The summed E-state index contributed by atoms with van der Waals surface area (Å²) in [6.45, 7) is 3.86. The van der Waals surface area contributed by atoms with Gasteiger partial charge < -0.3 is 15.3 Å². The van der Waals surface area contributed by atoms with Crippen molar-refractivity contribution in [3.63, 3.8) is 0 Å². The first-order valence-corrected chi connectivity index (χ1v) is 9.28. The highest BCUT2D eigenvalue weighted by Crippen LogP contribution is 2.27. The molecule has 132 valence electrons. The summed E-state index contributed by atoms with van der Waals surface area (Å²) < 4.78 is 0. The van der Waals surface area contributed by atoms with Crippen LogP contribution in [0.2, 0.25) is 0 Å². The first-order chi connectivity index (χ1) is 11.6. The number of anilines is 1. The Labute approximate surface area is 144 Å². The highest BCUT2D eigenvalue weighted by Gasteiger charge is 2.27. The van der Waals surface area contributed by atoms with Gasteiger partial charge in [-0.3, -0.25) is 4.79 Å². The van der Waals surface area contributed by atoms with E-state index < -0.39 is 0 Å². The highest BCUT2D eigenvalue weighted by molar-refractivity contribution is 5.76. The number of rotatable bonds is 4. The Morgan fingerprint density at radius 3 is 2.71 bits per heavy atom. The number of aliphatic hydroxyl groups is 1. The van der Waals surface area contributed by atoms with E-state index in [-0.39, 0.29) is 24.0 Å². The number of hydrogen-bond acceptors (Lipinski definition) is 4. The Bertz CT molecular complexity index is 555. The summed E-state index contributed by atoms with van der Waals surface area (Å²) in [5.74, 6) is 1.29. The van der Waals surface area contributed by atoms with Crippen molar-refractivity contribution in [1.82, 2.24) is 10.3 Å². The molecule has 5 nitrogen and oxygen atoms in total. The van der Waals surface area contributed by atoms with Crippen molar-refractivity contribution in [1.29, 1.82) is 0 Å². The van der Waals surface area contributed by atoms with Gasteiger partial charge in [0.05, 0.1) is 6.10 Å². The number of piperidine rings is 1. The normalized spacial score (nSPS) is 25.5. The van der Waals surface area contributed by atoms with E-state index in [1.54, 1.807) is 0 Å². The van der Waals surface area contributed by atoms with Crippen molar-refractivity contribution in [3.05, 3.63) is 23.9 Å². The van der Waals surface area contributed by atoms with Gasteiger partial charge in [-0.2, -0.15) is 0 Å². The second-order valence-electron chi connectivity index (χ2n) is 7.28. The third-order valence-electron chi connectivity index (χ3n) is 5.37. The third kappa shape index (κ3) is 4.47. The predicted octanol–water partition coefficient (Wildman–Crippen LogP) is 2.42. The van der Waals surface area contributed by atoms with Crippen molar-refractivity contribution in [2.45, 2.75) is 64.0 Å². The minimum absolute atomic E-state index is 0.105. The fourth-order valence-corrected chi connectivity index (χ4v) is 3.91. The maximum absolute atomic E-state index is 12.3. The van der Waals surface area contributed by atoms with Gasteiger partial charge in [0.1, 0.15) is 5.82 Å². The lowest BCUT2D eigenvalue weighted by atomic mass is 9.84. The van der Waals surface area contributed by atoms with Crippen LogP contribution in [-0.4, -0.2) is 41.2 Å². The molecule has 0 unspecified atom stereocenters. The SMILES string of the molecule is Cc1cccc(N2CCC(NC(=O)C[C@H]3CCCC[C@@H]3O)CC2)n1. The summed E-state index contributed by atoms with van der Waals surface area (Å²) in [5, 5.41) is 13.2. The molecule has 1 amide bonds. The number of nitrogens with one attached hydrogen (secondary N) is 1. The third-order valence-corrected chi connectivity index (χ3v) is 5.37. The molecular weight excluding hydrogens is 302 g/mol. The number of pyridine rings is 1. The number of carbonyl (C=O) groups excluding carboxylic acids is 1. The zero-order valence-corrected chi connectivity index (χ0v) is 14.6. The van der Waals surface area contributed by atoms with E-state index in [0.717, 1.165) is 63.1 Å². The average Bonchev–Trinajstić information content (AvgIpc) is 2.58. The Morgan fingerprint density at radius 1 is 1.25 bits per heavy atom. The van der Waals surface area contributed by atoms with Crippen molar-refractivity contribution in [2.24, 2.45) is 5.92 Å². The molecule has 1 aromatic heterocycles. The van der Waals surface area contributed by atoms with Gasteiger partial charge in [-0.05, 0) is 50.7 Å². The van der Waals surface area contributed by atoms with Gasteiger partial charge in [-0.1, -0.05) is 18.9 Å². The molecule has 0 bridgehead atoms. The number of aromatic nitrogens is 1. The van der Waals surface area contributed by atoms with Crippen LogP contribution in [0.4, 0.5) is 5.82 Å². The number of carbonyl (C=O) groups is 1. The molecule has 5 heteroatoms. The summed E-state index contributed by atoms with van der Waals surface area (Å²) >= 11 is 0. The number of nitrogens with zero attached hydrogens (tertiary/aromatic N) is 2. The van der Waals surface area contributed by atoms with Gasteiger partial charge in [0.2, 0.25) is 5.91 Å². The Balaban J connectivity index is 1.44. The molecule has 0 radical (unpaired) electrons. The molecule has 2 aliphatic rings. The van der Waals surface area contributed by atoms with E-state index in [1.807, 2.05) is 19.1 Å². The summed E-state index contributed by atoms with van der Waals surface area (Å²) in [6, 6.07) is 6.35. The van der Waals surface area contributed by atoms with E-state index >= 15 is 0 Å². The molecule has 24 heavy (non-hydrogen) atoms. The van der Waals surface area contributed by atoms with E-state index in [4.69, 9.17) is 0 Å². The monoisotopic (exact) mass is 331 g/mol. The van der Waals surface area contributed by atoms with E-state index in [2.05, 4.69) is 21.3 Å². The van der Waals surface area contributed by atoms with Gasteiger partial charge in [-0.25, -0.2) is 4.98 Å². The number of hydrogen-bond donors (Lipinski definition) is 2. The van der Waals surface area contributed by atoms with Gasteiger partial charge in [0.25, 0.3) is 0 Å². The lowest BCUT2D eigenvalue weighted by Gasteiger charge is -2.34. The summed E-state index contributed by atoms with van der Waals surface area (Å²) in [6.07, 6.45) is 6.14. The van der Waals surface area contributed by atoms with Crippen molar-refractivity contribution in [3.8, 4) is 0 Å². The fraction of sp³-hybridized carbons (Fsp3) is 0.684. The molecule has 1 saturated heterocycles. The molecule has 2 atom stereocenters. The molecule has 2 heterocycles. The summed E-state index contributed by atoms with van der Waals surface area (Å²) in [4.78, 5) is 19.1. The van der Waals surface area contributed by atoms with Crippen LogP contribution in [-0.2, 0) is 4.79 Å². The Hall–Kier alpha value is -1.62. The first-order valence-electron chi connectivity index (χ1n) is 9.28. The minimum atomic E-state index is -0.293. The fourth-order valence-electron chi connectivity index (χ4n) is 3.91. The Morgan fingerprint density at radius 2 is 2.00 bits per heavy atom. The van der Waals surface area contributed by atoms with E-state index in [9.17, 15) is 9.90 Å². The van der Waals surface area contributed by atoms with Gasteiger partial charge in [-0.15, -0.1) is 0 Å². The van der Waals surface area contributed by atoms with Gasteiger partial charge in [0.15, 0.2) is 0 Å². The second kappa shape index (κ2) is 7.97. The topological polar surface area (TPSA) is 65.5 Å². The molecule has 0 aromatic carbocycles. The van der Waals surface area contributed by atoms with Crippen LogP contribution >= 0.6 is 0 Å². The average molecular weight is 331 g/mol. The van der Waals surface area contributed by atoms with Crippen molar-refractivity contribution in [2.75, 3.05) is 18.0 Å². The van der Waals surface area contributed by atoms with Crippen molar-refractivity contribution >= 4 is 11.7 Å². The van der Waals surface area contributed by atoms with E-state index in [1.165, 1.54) is 0 Å². The largest absolute Gasteiger partial charge is 0.393 e. The molecule has 1 saturated carbocycles. The standard InChI is InChI=1S/C19H29N3O2/c1-14-5-4-8-18(20-14)22-11-9-16(10-12-22)21-19(24)13-15-6-2-3-7-17(15)23/h4-5,8,15-17,23H,2-3,6-7,9-13H2,1H3,(H,21,24)/t15-,17+/m1/s1. The van der Waals surface area contributed by atoms with Crippen LogP contribution < -0.4 is 10.2 Å². The van der Waals surface area contributed by atoms with Crippen LogP contribution in [0.1, 0.15) is 50.6 Å². The van der Waals surface area contributed by atoms with E-state index in [0.29, 0.717) is 6.42 Å². The molecule has 2 fully saturated rings. The zero-order valence-electron chi connectivity index (χ0n) is 14.6. The van der Waals surface area contributed by atoms with Crippen LogP contribution in [0, 0.1) is 12.8 Å². The van der Waals surface area contributed by atoms with Crippen LogP contribution in [0.15, 0.2) is 18.2 Å². The molecule has 3 rings (SSSR count). The summed E-state index contributed by atoms with van der Waals surface area (Å²) in [7, 11) is 0. The smallest absolute Gasteiger partial charge is 0.220 e. The number of aliphatic hydroxyl groups excluding tert-OH is 1. The maximum Gasteiger partial charge on any atom is 0.220 e. The molecule has 0 spiro atoms. The number of amides is 1. The van der Waals surface area contributed by atoms with Gasteiger partial charge in [0, 0.05) is 31.2 Å². The maximum atomic E-state index is 12.3. The molecule has 1 aliphatic heterocycles. The second-order valence-corrected chi connectivity index (χ2v) is 7.28. The molecular formula is C19H29N3O2. The van der Waals surface area contributed by atoms with Crippen LogP contribution in [0.3, 0.4) is 0 Å². The predicted molar refractivity (Wildman–Crippen MR) is 94.9 cm³/mol. The van der Waals surface area contributed by atoms with Crippen LogP contribution in [0.5, 0.6) is 0 Å². The molecule has 1 aromatic rings. The highest BCUT2D eigenvalue weighted by atomic mass is 16.3. The minimum Gasteiger partial charge on any atom is -0.393 e. The van der Waals surface area contributed by atoms with Crippen molar-refractivity contribution < 1.29 is 9.90 Å². The zero-order chi connectivity index (χ0) is 16.9. The van der Waals surface area contributed by atoms with Crippen LogP contribution in [0.25, 0.3) is 0 Å². The number of aryl methyl sites for hydroxylation is 1. The lowest BCUT2D eigenvalue weighted by Crippen LogP contribution is -2.45. The summed E-state index contributed by atoms with van der Waals surface area (Å²) in [5.41, 5.74) is 1.04. The Kier molecular flexibility index (Phi) is 5.72. The lowest BCUT2D eigenvalue weighted by molar-refractivity contribution is -0.124. The quantitative estimate of drug-likeness (QED) is 0.889. The molecule has 1 aliphatic carbocycles. The van der Waals surface area contributed by atoms with Gasteiger partial charge >= 0.3 is 0 Å². The molecule has 2 N–H and O–H groups in total.